The van der Waals surface area contributed by atoms with E-state index in [-0.39, 0.29) is 18.6 Å². The molecule has 146 valence electrons. The smallest absolute Gasteiger partial charge is 0.420 e. The van der Waals surface area contributed by atoms with Crippen molar-refractivity contribution in [2.75, 3.05) is 13.2 Å². The molecule has 0 radical (unpaired) electrons. The number of hydrogen-bond donors (Lipinski definition) is 0. The lowest BCUT2D eigenvalue weighted by Gasteiger charge is -2.33. The van der Waals surface area contributed by atoms with Crippen LogP contribution < -0.4 is 5.76 Å². The first-order chi connectivity index (χ1) is 13.0. The van der Waals surface area contributed by atoms with Crippen molar-refractivity contribution in [2.24, 2.45) is 0 Å². The summed E-state index contributed by atoms with van der Waals surface area (Å²) in [6, 6.07) is 6.24. The number of esters is 1. The van der Waals surface area contributed by atoms with Crippen molar-refractivity contribution in [3.05, 3.63) is 34.8 Å². The van der Waals surface area contributed by atoms with Gasteiger partial charge in [-0.05, 0) is 38.8 Å². The number of nitrogens with zero attached hydrogens (tertiary/aromatic N) is 2. The van der Waals surface area contributed by atoms with Crippen LogP contribution in [-0.2, 0) is 14.3 Å². The molecule has 1 atom stereocenters. The van der Waals surface area contributed by atoms with E-state index in [4.69, 9.17) is 9.15 Å². The number of likely N-dealkylation sites (N-methyl/N-ethyl adjacent to an activating group) is 1. The number of fused-ring (bicyclic) bond motifs is 1. The van der Waals surface area contributed by atoms with Gasteiger partial charge in [-0.2, -0.15) is 0 Å². The second-order valence-electron chi connectivity index (χ2n) is 6.96. The normalized spacial score (nSPS) is 16.2. The van der Waals surface area contributed by atoms with Gasteiger partial charge in [-0.3, -0.25) is 9.36 Å². The van der Waals surface area contributed by atoms with Gasteiger partial charge in [0.15, 0.2) is 12.2 Å². The van der Waals surface area contributed by atoms with Crippen LogP contribution in [-0.4, -0.2) is 40.5 Å². The zero-order valence-electron chi connectivity index (χ0n) is 15.8. The molecule has 1 aliphatic carbocycles. The maximum absolute atomic E-state index is 12.5. The molecule has 1 heterocycles. The lowest BCUT2D eigenvalue weighted by atomic mass is 9.94. The number of rotatable bonds is 6. The van der Waals surface area contributed by atoms with Crippen molar-refractivity contribution in [1.29, 1.82) is 0 Å². The standard InChI is InChI=1S/C20H26N2O5/c1-3-21(15-9-5-4-6-10-15)18(23)13-26-19(24)14(2)22-16-11-7-8-12-17(16)27-20(22)25/h7-8,11-12,14-15H,3-6,9-10,13H2,1-2H3. The molecule has 1 amide bonds. The van der Waals surface area contributed by atoms with Gasteiger partial charge in [0.1, 0.15) is 6.04 Å². The maximum Gasteiger partial charge on any atom is 0.420 e. The molecule has 0 N–H and O–H groups in total. The molecule has 1 aromatic carbocycles. The van der Waals surface area contributed by atoms with Gasteiger partial charge >= 0.3 is 11.7 Å². The van der Waals surface area contributed by atoms with Crippen LogP contribution in [0.2, 0.25) is 0 Å². The molecule has 3 rings (SSSR count). The number of carbonyl (C=O) groups excluding carboxylic acids is 2. The zero-order valence-corrected chi connectivity index (χ0v) is 15.8. The second-order valence-corrected chi connectivity index (χ2v) is 6.96. The van der Waals surface area contributed by atoms with Crippen LogP contribution in [0.25, 0.3) is 11.1 Å². The monoisotopic (exact) mass is 374 g/mol. The van der Waals surface area contributed by atoms with Crippen molar-refractivity contribution >= 4 is 23.0 Å². The van der Waals surface area contributed by atoms with Crippen molar-refractivity contribution in [2.45, 2.75) is 58.0 Å². The third-order valence-corrected chi connectivity index (χ3v) is 5.26. The van der Waals surface area contributed by atoms with E-state index in [0.717, 1.165) is 25.7 Å². The molecule has 1 aromatic heterocycles. The molecule has 0 spiro atoms. The number of ether oxygens (including phenoxy) is 1. The average Bonchev–Trinajstić information content (AvgIpc) is 3.02. The summed E-state index contributed by atoms with van der Waals surface area (Å²) in [4.78, 5) is 38.9. The summed E-state index contributed by atoms with van der Waals surface area (Å²) >= 11 is 0. The van der Waals surface area contributed by atoms with Gasteiger partial charge in [-0.1, -0.05) is 31.4 Å². The molecule has 7 nitrogen and oxygen atoms in total. The summed E-state index contributed by atoms with van der Waals surface area (Å²) in [7, 11) is 0. The van der Waals surface area contributed by atoms with Crippen LogP contribution in [0.3, 0.4) is 0 Å². The van der Waals surface area contributed by atoms with Crippen molar-refractivity contribution in [3.63, 3.8) is 0 Å². The number of carbonyl (C=O) groups is 2. The topological polar surface area (TPSA) is 81.8 Å². The minimum absolute atomic E-state index is 0.186. The molecule has 0 aliphatic heterocycles. The first-order valence-corrected chi connectivity index (χ1v) is 9.59. The Balaban J connectivity index is 1.65. The highest BCUT2D eigenvalue weighted by molar-refractivity contribution is 5.83. The molecule has 27 heavy (non-hydrogen) atoms. The fourth-order valence-corrected chi connectivity index (χ4v) is 3.82. The molecule has 0 saturated heterocycles. The molecule has 1 unspecified atom stereocenters. The fraction of sp³-hybridized carbons (Fsp3) is 0.550. The third kappa shape index (κ3) is 4.07. The van der Waals surface area contributed by atoms with Crippen molar-refractivity contribution in [1.82, 2.24) is 9.47 Å². The molecule has 1 fully saturated rings. The Kier molecular flexibility index (Phi) is 5.98. The van der Waals surface area contributed by atoms with Crippen LogP contribution in [0.4, 0.5) is 0 Å². The summed E-state index contributed by atoms with van der Waals surface area (Å²) < 4.78 is 11.6. The fourth-order valence-electron chi connectivity index (χ4n) is 3.82. The highest BCUT2D eigenvalue weighted by atomic mass is 16.5. The molecular formula is C20H26N2O5. The maximum atomic E-state index is 12.5. The van der Waals surface area contributed by atoms with E-state index in [1.54, 1.807) is 36.1 Å². The van der Waals surface area contributed by atoms with E-state index in [1.165, 1.54) is 11.0 Å². The summed E-state index contributed by atoms with van der Waals surface area (Å²) in [6.45, 7) is 3.80. The molecule has 2 aromatic rings. The first-order valence-electron chi connectivity index (χ1n) is 9.59. The van der Waals surface area contributed by atoms with Gasteiger partial charge in [0.2, 0.25) is 0 Å². The Hall–Kier alpha value is -2.57. The number of para-hydroxylation sites is 2. The first kappa shape index (κ1) is 19.2. The molecule has 1 saturated carbocycles. The Morgan fingerprint density at radius 1 is 1.26 bits per heavy atom. The highest BCUT2D eigenvalue weighted by Gasteiger charge is 2.27. The summed E-state index contributed by atoms with van der Waals surface area (Å²) in [6.07, 6.45) is 5.46. The number of oxazole rings is 1. The average molecular weight is 374 g/mol. The Morgan fingerprint density at radius 2 is 1.96 bits per heavy atom. The minimum atomic E-state index is -0.876. The second kappa shape index (κ2) is 8.41. The quantitative estimate of drug-likeness (QED) is 0.726. The zero-order chi connectivity index (χ0) is 19.4. The Labute approximate surface area is 157 Å². The van der Waals surface area contributed by atoms with E-state index in [9.17, 15) is 14.4 Å². The van der Waals surface area contributed by atoms with E-state index >= 15 is 0 Å². The summed E-state index contributed by atoms with van der Waals surface area (Å²) in [5.74, 6) is -1.43. The predicted octanol–water partition coefficient (Wildman–Crippen LogP) is 2.88. The van der Waals surface area contributed by atoms with Crippen LogP contribution in [0.5, 0.6) is 0 Å². The SMILES string of the molecule is CCN(C(=O)COC(=O)C(C)n1c(=O)oc2ccccc21)C1CCCCC1. The lowest BCUT2D eigenvalue weighted by molar-refractivity contribution is -0.155. The van der Waals surface area contributed by atoms with Crippen LogP contribution in [0.1, 0.15) is 52.0 Å². The Morgan fingerprint density at radius 3 is 2.67 bits per heavy atom. The van der Waals surface area contributed by atoms with Gasteiger partial charge in [0.05, 0.1) is 5.52 Å². The number of aromatic nitrogens is 1. The van der Waals surface area contributed by atoms with Crippen LogP contribution >= 0.6 is 0 Å². The van der Waals surface area contributed by atoms with Crippen molar-refractivity contribution < 1.29 is 18.7 Å². The Bertz CT molecular complexity index is 863. The minimum Gasteiger partial charge on any atom is -0.454 e. The van der Waals surface area contributed by atoms with Gasteiger partial charge in [-0.15, -0.1) is 0 Å². The van der Waals surface area contributed by atoms with Gasteiger partial charge in [0, 0.05) is 12.6 Å². The van der Waals surface area contributed by atoms with Crippen LogP contribution in [0, 0.1) is 0 Å². The van der Waals surface area contributed by atoms with E-state index < -0.39 is 17.8 Å². The largest absolute Gasteiger partial charge is 0.454 e. The van der Waals surface area contributed by atoms with Crippen molar-refractivity contribution in [3.8, 4) is 0 Å². The third-order valence-electron chi connectivity index (χ3n) is 5.26. The lowest BCUT2D eigenvalue weighted by Crippen LogP contribution is -2.43. The van der Waals surface area contributed by atoms with E-state index in [1.807, 2.05) is 6.92 Å². The van der Waals surface area contributed by atoms with Gasteiger partial charge in [-0.25, -0.2) is 9.59 Å². The molecule has 7 heteroatoms. The number of hydrogen-bond acceptors (Lipinski definition) is 5. The number of amides is 1. The highest BCUT2D eigenvalue weighted by Crippen LogP contribution is 2.23. The molecular weight excluding hydrogens is 348 g/mol. The molecule has 1 aliphatic rings. The van der Waals surface area contributed by atoms with Gasteiger partial charge < -0.3 is 14.1 Å². The summed E-state index contributed by atoms with van der Waals surface area (Å²) in [5, 5.41) is 0. The number of benzene rings is 1. The van der Waals surface area contributed by atoms with E-state index in [0.29, 0.717) is 17.6 Å². The van der Waals surface area contributed by atoms with Gasteiger partial charge in [0.25, 0.3) is 5.91 Å². The van der Waals surface area contributed by atoms with Crippen LogP contribution in [0.15, 0.2) is 33.5 Å². The summed E-state index contributed by atoms with van der Waals surface area (Å²) in [5.41, 5.74) is 0.934. The molecule has 0 bridgehead atoms. The predicted molar refractivity (Wildman–Crippen MR) is 100 cm³/mol. The van der Waals surface area contributed by atoms with E-state index in [2.05, 4.69) is 0 Å².